The van der Waals surface area contributed by atoms with Crippen molar-refractivity contribution in [3.63, 3.8) is 0 Å². The molecule has 0 unspecified atom stereocenters. The van der Waals surface area contributed by atoms with Crippen LogP contribution in [0.1, 0.15) is 34.0 Å². The van der Waals surface area contributed by atoms with E-state index in [0.717, 1.165) is 48.6 Å². The Labute approximate surface area is 236 Å². The first-order valence-corrected chi connectivity index (χ1v) is 12.8. The number of halogens is 3. The predicted molar refractivity (Wildman–Crippen MR) is 147 cm³/mol. The molecular formula is C30H31F3N4O4. The standard InChI is InChI=1S/C28H30N4O2.C2HF3O2/c1-20-18-32(12-11-30-20)19-23-6-4-7-24(14-23)26-15-22(9-10-27(26)34-2)17-31-28(33)25-8-3-5-21(13-25)16-29;3-2(4,5)1(6)7/h3-10,13-15,20,30H,11-12,17-19H2,1-2H3,(H,31,33);(H,6,7)/t20-;/m0./s1. The molecule has 1 saturated heterocycles. The van der Waals surface area contributed by atoms with Gasteiger partial charge in [0.1, 0.15) is 5.75 Å². The minimum atomic E-state index is -5.08. The number of ether oxygens (including phenoxy) is 1. The lowest BCUT2D eigenvalue weighted by Crippen LogP contribution is -2.48. The zero-order valence-electron chi connectivity index (χ0n) is 22.7. The fourth-order valence-corrected chi connectivity index (χ4v) is 4.36. The van der Waals surface area contributed by atoms with Gasteiger partial charge in [-0.2, -0.15) is 18.4 Å². The van der Waals surface area contributed by atoms with Crippen LogP contribution in [-0.2, 0) is 17.9 Å². The number of benzene rings is 3. The molecule has 11 heteroatoms. The van der Waals surface area contributed by atoms with Crippen molar-refractivity contribution >= 4 is 11.9 Å². The molecule has 1 aliphatic rings. The van der Waals surface area contributed by atoms with Crippen molar-refractivity contribution in [2.75, 3.05) is 26.7 Å². The summed E-state index contributed by atoms with van der Waals surface area (Å²) in [6.07, 6.45) is -5.08. The number of nitrogens with one attached hydrogen (secondary N) is 2. The van der Waals surface area contributed by atoms with Gasteiger partial charge < -0.3 is 20.5 Å². The summed E-state index contributed by atoms with van der Waals surface area (Å²) in [4.78, 5) is 23.9. The smallest absolute Gasteiger partial charge is 0.490 e. The molecule has 1 atom stereocenters. The first kappa shape index (κ1) is 31.1. The number of carboxylic acid groups (broad SMARTS) is 1. The average molecular weight is 569 g/mol. The minimum Gasteiger partial charge on any atom is -0.496 e. The highest BCUT2D eigenvalue weighted by molar-refractivity contribution is 5.94. The number of hydrogen-bond donors (Lipinski definition) is 3. The second-order valence-electron chi connectivity index (χ2n) is 9.50. The number of methoxy groups -OCH3 is 1. The van der Waals surface area contributed by atoms with E-state index in [1.165, 1.54) is 5.56 Å². The van der Waals surface area contributed by atoms with Gasteiger partial charge in [0.2, 0.25) is 0 Å². The van der Waals surface area contributed by atoms with Gasteiger partial charge in [0, 0.05) is 49.9 Å². The lowest BCUT2D eigenvalue weighted by molar-refractivity contribution is -0.192. The molecule has 3 aromatic rings. The van der Waals surface area contributed by atoms with E-state index in [-0.39, 0.29) is 5.91 Å². The SMILES string of the molecule is COc1ccc(CNC(=O)c2cccc(C#N)c2)cc1-c1cccc(CN2CCN[C@@H](C)C2)c1.O=C(O)C(F)(F)F. The summed E-state index contributed by atoms with van der Waals surface area (Å²) in [6.45, 7) is 6.62. The summed E-state index contributed by atoms with van der Waals surface area (Å²) >= 11 is 0. The monoisotopic (exact) mass is 568 g/mol. The number of nitriles is 1. The van der Waals surface area contributed by atoms with Crippen molar-refractivity contribution in [1.29, 1.82) is 5.26 Å². The fraction of sp³-hybridized carbons (Fsp3) is 0.300. The Bertz CT molecular complexity index is 1400. The molecule has 8 nitrogen and oxygen atoms in total. The average Bonchev–Trinajstić information content (AvgIpc) is 2.95. The van der Waals surface area contributed by atoms with Crippen molar-refractivity contribution in [2.45, 2.75) is 32.2 Å². The first-order chi connectivity index (χ1) is 19.5. The molecule has 216 valence electrons. The number of carboxylic acids is 1. The molecule has 1 heterocycles. The first-order valence-electron chi connectivity index (χ1n) is 12.8. The van der Waals surface area contributed by atoms with Crippen LogP contribution in [0.5, 0.6) is 5.75 Å². The highest BCUT2D eigenvalue weighted by Gasteiger charge is 2.38. The molecule has 0 aromatic heterocycles. The fourth-order valence-electron chi connectivity index (χ4n) is 4.36. The molecule has 3 aromatic carbocycles. The Morgan fingerprint density at radius 1 is 1.12 bits per heavy atom. The summed E-state index contributed by atoms with van der Waals surface area (Å²) in [5.41, 5.74) is 5.27. The number of carbonyl (C=O) groups excluding carboxylic acids is 1. The van der Waals surface area contributed by atoms with Gasteiger partial charge in [-0.05, 0) is 60.0 Å². The van der Waals surface area contributed by atoms with Gasteiger partial charge in [-0.15, -0.1) is 0 Å². The van der Waals surface area contributed by atoms with E-state index in [4.69, 9.17) is 19.9 Å². The van der Waals surface area contributed by atoms with Crippen molar-refractivity contribution in [3.8, 4) is 22.9 Å². The molecule has 1 amide bonds. The number of carbonyl (C=O) groups is 2. The number of piperazine rings is 1. The molecular weight excluding hydrogens is 537 g/mol. The minimum absolute atomic E-state index is 0.207. The maximum absolute atomic E-state index is 12.6. The second-order valence-corrected chi connectivity index (χ2v) is 9.50. The van der Waals surface area contributed by atoms with Gasteiger partial charge in [-0.3, -0.25) is 9.69 Å². The number of nitrogens with zero attached hydrogens (tertiary/aromatic N) is 2. The Morgan fingerprint density at radius 2 is 1.85 bits per heavy atom. The van der Waals surface area contributed by atoms with Gasteiger partial charge in [0.25, 0.3) is 5.91 Å². The van der Waals surface area contributed by atoms with Crippen LogP contribution in [0.2, 0.25) is 0 Å². The molecule has 0 bridgehead atoms. The van der Waals surface area contributed by atoms with Crippen LogP contribution in [0.25, 0.3) is 11.1 Å². The summed E-state index contributed by atoms with van der Waals surface area (Å²) in [5, 5.41) is 22.6. The van der Waals surface area contributed by atoms with Gasteiger partial charge in [0.15, 0.2) is 0 Å². The van der Waals surface area contributed by atoms with Crippen LogP contribution < -0.4 is 15.4 Å². The van der Waals surface area contributed by atoms with E-state index >= 15 is 0 Å². The quantitative estimate of drug-likeness (QED) is 0.382. The molecule has 0 radical (unpaired) electrons. The molecule has 3 N–H and O–H groups in total. The molecule has 41 heavy (non-hydrogen) atoms. The highest BCUT2D eigenvalue weighted by atomic mass is 19.4. The Kier molecular flexibility index (Phi) is 10.9. The zero-order chi connectivity index (χ0) is 30.0. The van der Waals surface area contributed by atoms with Crippen molar-refractivity contribution in [1.82, 2.24) is 15.5 Å². The van der Waals surface area contributed by atoms with Crippen LogP contribution in [-0.4, -0.2) is 60.8 Å². The summed E-state index contributed by atoms with van der Waals surface area (Å²) in [5.74, 6) is -2.17. The number of aliphatic carboxylic acids is 1. The predicted octanol–water partition coefficient (Wildman–Crippen LogP) is 4.59. The third-order valence-corrected chi connectivity index (χ3v) is 6.31. The lowest BCUT2D eigenvalue weighted by Gasteiger charge is -2.31. The molecule has 1 fully saturated rings. The summed E-state index contributed by atoms with van der Waals surface area (Å²) in [6, 6.07) is 23.8. The largest absolute Gasteiger partial charge is 0.496 e. The third-order valence-electron chi connectivity index (χ3n) is 6.31. The molecule has 0 spiro atoms. The summed E-state index contributed by atoms with van der Waals surface area (Å²) < 4.78 is 37.4. The van der Waals surface area contributed by atoms with Crippen LogP contribution in [0.4, 0.5) is 13.2 Å². The third kappa shape index (κ3) is 9.34. The Balaban J connectivity index is 0.000000587. The Hall–Kier alpha value is -4.40. The maximum Gasteiger partial charge on any atom is 0.490 e. The van der Waals surface area contributed by atoms with E-state index in [1.54, 1.807) is 31.4 Å². The maximum atomic E-state index is 12.6. The van der Waals surface area contributed by atoms with Crippen LogP contribution in [0.15, 0.2) is 66.7 Å². The van der Waals surface area contributed by atoms with E-state index in [0.29, 0.717) is 23.7 Å². The lowest BCUT2D eigenvalue weighted by atomic mass is 9.99. The van der Waals surface area contributed by atoms with Crippen LogP contribution >= 0.6 is 0 Å². The Morgan fingerprint density at radius 3 is 2.51 bits per heavy atom. The second kappa shape index (κ2) is 14.3. The van der Waals surface area contributed by atoms with E-state index in [2.05, 4.69) is 58.9 Å². The highest BCUT2D eigenvalue weighted by Crippen LogP contribution is 2.32. The van der Waals surface area contributed by atoms with Gasteiger partial charge in [-0.1, -0.05) is 30.3 Å². The van der Waals surface area contributed by atoms with Crippen molar-refractivity contribution < 1.29 is 32.6 Å². The van der Waals surface area contributed by atoms with E-state index < -0.39 is 12.1 Å². The zero-order valence-corrected chi connectivity index (χ0v) is 22.7. The van der Waals surface area contributed by atoms with Gasteiger partial charge >= 0.3 is 12.1 Å². The van der Waals surface area contributed by atoms with Crippen LogP contribution in [0.3, 0.4) is 0 Å². The molecule has 1 aliphatic heterocycles. The van der Waals surface area contributed by atoms with Crippen molar-refractivity contribution in [2.24, 2.45) is 0 Å². The van der Waals surface area contributed by atoms with Gasteiger partial charge in [-0.25, -0.2) is 4.79 Å². The number of amides is 1. The van der Waals surface area contributed by atoms with E-state index in [1.807, 2.05) is 12.1 Å². The van der Waals surface area contributed by atoms with Crippen LogP contribution in [0, 0.1) is 11.3 Å². The number of rotatable bonds is 7. The number of alkyl halides is 3. The van der Waals surface area contributed by atoms with E-state index in [9.17, 15) is 18.0 Å². The topological polar surface area (TPSA) is 115 Å². The van der Waals surface area contributed by atoms with Gasteiger partial charge in [0.05, 0.1) is 18.7 Å². The number of hydrogen-bond acceptors (Lipinski definition) is 6. The molecule has 0 aliphatic carbocycles. The molecule has 0 saturated carbocycles. The molecule has 4 rings (SSSR count). The van der Waals surface area contributed by atoms with Crippen molar-refractivity contribution in [3.05, 3.63) is 89.0 Å². The summed E-state index contributed by atoms with van der Waals surface area (Å²) in [7, 11) is 1.68. The normalized spacial score (nSPS) is 15.2.